The maximum absolute atomic E-state index is 6.30. The number of hydrogen-bond donors (Lipinski definition) is 1. The Balaban J connectivity index is 2.14. The van der Waals surface area contributed by atoms with Crippen molar-refractivity contribution in [2.75, 3.05) is 13.1 Å². The van der Waals surface area contributed by atoms with E-state index in [1.807, 2.05) is 30.3 Å². The van der Waals surface area contributed by atoms with Gasteiger partial charge in [0.25, 0.3) is 0 Å². The Morgan fingerprint density at radius 1 is 0.947 bits per heavy atom. The van der Waals surface area contributed by atoms with Gasteiger partial charge in [-0.3, -0.25) is 4.99 Å². The van der Waals surface area contributed by atoms with Crippen LogP contribution in [0.4, 0.5) is 0 Å². The van der Waals surface area contributed by atoms with E-state index in [0.29, 0.717) is 10.0 Å². The van der Waals surface area contributed by atoms with Crippen LogP contribution in [0.2, 0.25) is 10.0 Å². The van der Waals surface area contributed by atoms with Gasteiger partial charge in [-0.1, -0.05) is 53.5 Å². The molecule has 0 saturated heterocycles. The van der Waals surface area contributed by atoms with Crippen LogP contribution in [0.3, 0.4) is 0 Å². The lowest BCUT2D eigenvalue weighted by Crippen LogP contribution is -2.20. The van der Waals surface area contributed by atoms with E-state index in [2.05, 4.69) is 16.4 Å². The van der Waals surface area contributed by atoms with Crippen LogP contribution in [0, 0.1) is 0 Å². The number of benzene rings is 2. The Labute approximate surface area is 122 Å². The van der Waals surface area contributed by atoms with Gasteiger partial charge in [0.15, 0.2) is 0 Å². The van der Waals surface area contributed by atoms with Crippen molar-refractivity contribution in [2.24, 2.45) is 4.99 Å². The summed E-state index contributed by atoms with van der Waals surface area (Å²) in [6, 6.07) is 13.7. The molecule has 96 valence electrons. The first-order chi connectivity index (χ1) is 9.25. The molecule has 1 heterocycles. The topological polar surface area (TPSA) is 24.4 Å². The van der Waals surface area contributed by atoms with E-state index >= 15 is 0 Å². The summed E-state index contributed by atoms with van der Waals surface area (Å²) in [4.78, 5) is 4.48. The fraction of sp³-hybridized carbons (Fsp3) is 0.133. The quantitative estimate of drug-likeness (QED) is 0.888. The third-order valence-corrected chi connectivity index (χ3v) is 3.63. The molecule has 0 atom stereocenters. The van der Waals surface area contributed by atoms with E-state index in [1.54, 1.807) is 6.07 Å². The van der Waals surface area contributed by atoms with Crippen molar-refractivity contribution < 1.29 is 0 Å². The molecule has 0 bridgehead atoms. The fourth-order valence-electron chi connectivity index (χ4n) is 2.21. The van der Waals surface area contributed by atoms with Crippen molar-refractivity contribution in [1.29, 1.82) is 0 Å². The van der Waals surface area contributed by atoms with Gasteiger partial charge in [-0.25, -0.2) is 0 Å². The van der Waals surface area contributed by atoms with Gasteiger partial charge in [-0.15, -0.1) is 0 Å². The van der Waals surface area contributed by atoms with E-state index in [1.165, 1.54) is 0 Å². The van der Waals surface area contributed by atoms with Crippen LogP contribution in [0.15, 0.2) is 47.5 Å². The highest BCUT2D eigenvalue weighted by Crippen LogP contribution is 2.32. The number of hydrogen-bond acceptors (Lipinski definition) is 2. The molecule has 0 aliphatic carbocycles. The van der Waals surface area contributed by atoms with Crippen molar-refractivity contribution in [3.63, 3.8) is 0 Å². The van der Waals surface area contributed by atoms with Crippen molar-refractivity contribution >= 4 is 29.0 Å². The molecule has 0 radical (unpaired) electrons. The van der Waals surface area contributed by atoms with Crippen LogP contribution in [-0.2, 0) is 0 Å². The first kappa shape index (κ1) is 12.5. The SMILES string of the molecule is Clc1ccc(-c2ccccc2C2=NCCN2)c(Cl)c1. The Morgan fingerprint density at radius 3 is 2.42 bits per heavy atom. The zero-order chi connectivity index (χ0) is 13.2. The average molecular weight is 291 g/mol. The molecule has 0 spiro atoms. The van der Waals surface area contributed by atoms with Gasteiger partial charge in [0, 0.05) is 27.7 Å². The molecule has 0 amide bonds. The van der Waals surface area contributed by atoms with Crippen LogP contribution < -0.4 is 5.32 Å². The van der Waals surface area contributed by atoms with Crippen LogP contribution in [-0.4, -0.2) is 18.9 Å². The minimum absolute atomic E-state index is 0.641. The second-order valence-electron chi connectivity index (χ2n) is 4.33. The van der Waals surface area contributed by atoms with E-state index in [0.717, 1.165) is 35.6 Å². The van der Waals surface area contributed by atoms with Gasteiger partial charge in [-0.2, -0.15) is 0 Å². The summed E-state index contributed by atoms with van der Waals surface area (Å²) in [5, 5.41) is 4.59. The molecule has 1 N–H and O–H groups in total. The van der Waals surface area contributed by atoms with Crippen molar-refractivity contribution in [1.82, 2.24) is 5.32 Å². The number of rotatable bonds is 2. The van der Waals surface area contributed by atoms with Gasteiger partial charge < -0.3 is 5.32 Å². The summed E-state index contributed by atoms with van der Waals surface area (Å²) in [6.07, 6.45) is 0. The molecule has 1 aliphatic rings. The summed E-state index contributed by atoms with van der Waals surface area (Å²) in [5.74, 6) is 0.932. The molecular formula is C15H12Cl2N2. The predicted molar refractivity (Wildman–Crippen MR) is 81.3 cm³/mol. The number of nitrogens with one attached hydrogen (secondary N) is 1. The molecule has 2 nitrogen and oxygen atoms in total. The third kappa shape index (κ3) is 2.46. The van der Waals surface area contributed by atoms with Crippen LogP contribution >= 0.6 is 23.2 Å². The molecule has 4 heteroatoms. The number of nitrogens with zero attached hydrogens (tertiary/aromatic N) is 1. The summed E-state index contributed by atoms with van der Waals surface area (Å²) in [7, 11) is 0. The zero-order valence-electron chi connectivity index (χ0n) is 10.2. The van der Waals surface area contributed by atoms with Gasteiger partial charge in [0.2, 0.25) is 0 Å². The molecule has 2 aromatic carbocycles. The lowest BCUT2D eigenvalue weighted by Gasteiger charge is -2.11. The summed E-state index contributed by atoms with van der Waals surface area (Å²) in [6.45, 7) is 1.70. The second-order valence-corrected chi connectivity index (χ2v) is 5.17. The molecule has 0 unspecified atom stereocenters. The fourth-order valence-corrected chi connectivity index (χ4v) is 2.72. The monoisotopic (exact) mass is 290 g/mol. The van der Waals surface area contributed by atoms with Crippen molar-refractivity contribution in [3.8, 4) is 11.1 Å². The van der Waals surface area contributed by atoms with Crippen LogP contribution in [0.5, 0.6) is 0 Å². The molecular weight excluding hydrogens is 279 g/mol. The molecule has 19 heavy (non-hydrogen) atoms. The van der Waals surface area contributed by atoms with E-state index < -0.39 is 0 Å². The highest BCUT2D eigenvalue weighted by molar-refractivity contribution is 6.36. The van der Waals surface area contributed by atoms with Crippen LogP contribution in [0.25, 0.3) is 11.1 Å². The van der Waals surface area contributed by atoms with Crippen molar-refractivity contribution in [2.45, 2.75) is 0 Å². The number of halogens is 2. The van der Waals surface area contributed by atoms with E-state index in [-0.39, 0.29) is 0 Å². The Bertz CT molecular complexity index is 650. The average Bonchev–Trinajstić information content (AvgIpc) is 2.93. The lowest BCUT2D eigenvalue weighted by atomic mass is 9.99. The molecule has 1 aliphatic heterocycles. The first-order valence-corrected chi connectivity index (χ1v) is 6.84. The summed E-state index contributed by atoms with van der Waals surface area (Å²) >= 11 is 12.2. The Hall–Kier alpha value is -1.51. The largest absolute Gasteiger partial charge is 0.368 e. The molecule has 0 aromatic heterocycles. The standard InChI is InChI=1S/C15H12Cl2N2/c16-10-5-6-12(14(17)9-10)11-3-1-2-4-13(11)15-18-7-8-19-15/h1-6,9H,7-8H2,(H,18,19). The van der Waals surface area contributed by atoms with Gasteiger partial charge in [0.05, 0.1) is 6.54 Å². The normalized spacial score (nSPS) is 14.1. The Kier molecular flexibility index (Phi) is 3.45. The minimum atomic E-state index is 0.641. The molecule has 0 saturated carbocycles. The van der Waals surface area contributed by atoms with Crippen molar-refractivity contribution in [3.05, 3.63) is 58.1 Å². The van der Waals surface area contributed by atoms with Gasteiger partial charge >= 0.3 is 0 Å². The lowest BCUT2D eigenvalue weighted by molar-refractivity contribution is 0.960. The first-order valence-electron chi connectivity index (χ1n) is 6.09. The third-order valence-electron chi connectivity index (χ3n) is 3.08. The highest BCUT2D eigenvalue weighted by Gasteiger charge is 2.14. The molecule has 3 rings (SSSR count). The molecule has 2 aromatic rings. The zero-order valence-corrected chi connectivity index (χ0v) is 11.7. The number of amidine groups is 1. The summed E-state index contributed by atoms with van der Waals surface area (Å²) in [5.41, 5.74) is 3.11. The van der Waals surface area contributed by atoms with Crippen LogP contribution in [0.1, 0.15) is 5.56 Å². The predicted octanol–water partition coefficient (Wildman–Crippen LogP) is 4.01. The minimum Gasteiger partial charge on any atom is -0.368 e. The van der Waals surface area contributed by atoms with E-state index in [9.17, 15) is 0 Å². The molecule has 0 fully saturated rings. The maximum Gasteiger partial charge on any atom is 0.129 e. The number of aliphatic imine (C=N–C) groups is 1. The summed E-state index contributed by atoms with van der Waals surface area (Å²) < 4.78 is 0. The van der Waals surface area contributed by atoms with Gasteiger partial charge in [-0.05, 0) is 17.7 Å². The highest BCUT2D eigenvalue weighted by atomic mass is 35.5. The second kappa shape index (κ2) is 5.24. The smallest absolute Gasteiger partial charge is 0.129 e. The Morgan fingerprint density at radius 2 is 1.74 bits per heavy atom. The van der Waals surface area contributed by atoms with Gasteiger partial charge in [0.1, 0.15) is 5.84 Å². The maximum atomic E-state index is 6.30. The van der Waals surface area contributed by atoms with E-state index in [4.69, 9.17) is 23.2 Å².